The lowest BCUT2D eigenvalue weighted by atomic mass is 9.97. The maximum absolute atomic E-state index is 13.2. The minimum Gasteiger partial charge on any atom is -0.497 e. The summed E-state index contributed by atoms with van der Waals surface area (Å²) in [6, 6.07) is 9.15. The summed E-state index contributed by atoms with van der Waals surface area (Å²) in [5.41, 5.74) is 2.69. The largest absolute Gasteiger partial charge is 0.497 e. The van der Waals surface area contributed by atoms with E-state index < -0.39 is 0 Å². The lowest BCUT2D eigenvalue weighted by molar-refractivity contribution is 0.0692. The van der Waals surface area contributed by atoms with E-state index in [1.54, 1.807) is 31.6 Å². The van der Waals surface area contributed by atoms with Crippen molar-refractivity contribution in [2.75, 3.05) is 27.3 Å². The van der Waals surface area contributed by atoms with Crippen molar-refractivity contribution in [1.29, 1.82) is 0 Å². The third kappa shape index (κ3) is 4.21. The Labute approximate surface area is 194 Å². The number of piperidine rings is 1. The molecule has 170 valence electrons. The second kappa shape index (κ2) is 9.07. The second-order valence-electron chi connectivity index (χ2n) is 7.78. The van der Waals surface area contributed by atoms with Crippen LogP contribution in [0.15, 0.2) is 45.5 Å². The number of nitrogens with one attached hydrogen (secondary N) is 1. The molecule has 0 spiro atoms. The van der Waals surface area contributed by atoms with Crippen LogP contribution in [-0.4, -0.2) is 58.5 Å². The van der Waals surface area contributed by atoms with Gasteiger partial charge in [0.25, 0.3) is 5.91 Å². The first-order valence-corrected chi connectivity index (χ1v) is 11.5. The molecule has 0 bridgehead atoms. The first kappa shape index (κ1) is 21.2. The summed E-state index contributed by atoms with van der Waals surface area (Å²) in [4.78, 5) is 15.0. The number of H-pyrrole nitrogens is 1. The first-order chi connectivity index (χ1) is 16.2. The van der Waals surface area contributed by atoms with E-state index in [2.05, 4.69) is 20.4 Å². The van der Waals surface area contributed by atoms with Gasteiger partial charge in [0.05, 0.1) is 25.8 Å². The van der Waals surface area contributed by atoms with Crippen LogP contribution in [0.2, 0.25) is 0 Å². The highest BCUT2D eigenvalue weighted by Crippen LogP contribution is 2.33. The van der Waals surface area contributed by atoms with Crippen LogP contribution < -0.4 is 9.47 Å². The number of ether oxygens (including phenoxy) is 2. The molecule has 1 unspecified atom stereocenters. The highest BCUT2D eigenvalue weighted by molar-refractivity contribution is 7.08. The molecule has 1 aromatic carbocycles. The van der Waals surface area contributed by atoms with Gasteiger partial charge >= 0.3 is 0 Å². The summed E-state index contributed by atoms with van der Waals surface area (Å²) in [6.45, 7) is 1.18. The van der Waals surface area contributed by atoms with Gasteiger partial charge in [0.2, 0.25) is 11.8 Å². The number of aromatic amines is 1. The monoisotopic (exact) mass is 465 g/mol. The molecular weight excluding hydrogens is 442 g/mol. The van der Waals surface area contributed by atoms with E-state index in [1.165, 1.54) is 0 Å². The van der Waals surface area contributed by atoms with Crippen LogP contribution in [-0.2, 0) is 0 Å². The number of nitrogens with zero attached hydrogens (tertiary/aromatic N) is 4. The van der Waals surface area contributed by atoms with Gasteiger partial charge in [-0.2, -0.15) is 16.4 Å². The van der Waals surface area contributed by atoms with Crippen molar-refractivity contribution in [3.05, 3.63) is 52.7 Å². The molecule has 1 fully saturated rings. The van der Waals surface area contributed by atoms with E-state index in [0.29, 0.717) is 47.8 Å². The Balaban J connectivity index is 1.33. The summed E-state index contributed by atoms with van der Waals surface area (Å²) in [6.07, 6.45) is 1.75. The lowest BCUT2D eigenvalue weighted by Crippen LogP contribution is -2.39. The molecule has 1 N–H and O–H groups in total. The van der Waals surface area contributed by atoms with Crippen molar-refractivity contribution < 1.29 is 18.7 Å². The van der Waals surface area contributed by atoms with Gasteiger partial charge < -0.3 is 18.8 Å². The highest BCUT2D eigenvalue weighted by Gasteiger charge is 2.30. The zero-order valence-electron chi connectivity index (χ0n) is 18.3. The standard InChI is InChI=1S/C23H23N5O4S/c1-30-16-5-6-20(31-2)17(10-16)18-11-19(25-24-18)23(29)28-8-3-4-14(12-28)21-26-27-22(32-21)15-7-9-33-13-15/h5-7,9-11,13-14H,3-4,8,12H2,1-2H3,(H,24,25). The number of methoxy groups -OCH3 is 2. The molecule has 4 heterocycles. The fourth-order valence-corrected chi connectivity index (χ4v) is 4.65. The number of hydrogen-bond donors (Lipinski definition) is 1. The van der Waals surface area contributed by atoms with Crippen LogP contribution in [0, 0.1) is 0 Å². The predicted molar refractivity (Wildman–Crippen MR) is 123 cm³/mol. The van der Waals surface area contributed by atoms with Crippen LogP contribution in [0.4, 0.5) is 0 Å². The number of thiophene rings is 1. The van der Waals surface area contributed by atoms with E-state index >= 15 is 0 Å². The lowest BCUT2D eigenvalue weighted by Gasteiger charge is -2.30. The topological polar surface area (TPSA) is 106 Å². The van der Waals surface area contributed by atoms with Gasteiger partial charge in [-0.25, -0.2) is 0 Å². The van der Waals surface area contributed by atoms with Crippen LogP contribution in [0.5, 0.6) is 11.5 Å². The van der Waals surface area contributed by atoms with E-state index in [9.17, 15) is 4.79 Å². The number of amides is 1. The van der Waals surface area contributed by atoms with Gasteiger partial charge in [0, 0.05) is 29.6 Å². The third-order valence-electron chi connectivity index (χ3n) is 5.76. The zero-order chi connectivity index (χ0) is 22.8. The summed E-state index contributed by atoms with van der Waals surface area (Å²) in [5, 5.41) is 19.6. The van der Waals surface area contributed by atoms with E-state index in [0.717, 1.165) is 24.0 Å². The van der Waals surface area contributed by atoms with Crippen molar-refractivity contribution in [2.24, 2.45) is 0 Å². The Morgan fingerprint density at radius 3 is 2.91 bits per heavy atom. The Hall–Kier alpha value is -3.66. The van der Waals surface area contributed by atoms with Gasteiger partial charge in [-0.05, 0) is 48.6 Å². The van der Waals surface area contributed by atoms with Crippen molar-refractivity contribution in [3.8, 4) is 34.2 Å². The molecule has 0 saturated carbocycles. The molecule has 3 aromatic heterocycles. The minimum absolute atomic E-state index is 0.00320. The Kier molecular flexibility index (Phi) is 5.82. The number of benzene rings is 1. The normalized spacial score (nSPS) is 16.1. The van der Waals surface area contributed by atoms with Gasteiger partial charge in [0.15, 0.2) is 0 Å². The Bertz CT molecular complexity index is 1250. The van der Waals surface area contributed by atoms with Crippen LogP contribution in [0.3, 0.4) is 0 Å². The van der Waals surface area contributed by atoms with Crippen molar-refractivity contribution in [3.63, 3.8) is 0 Å². The molecule has 1 aliphatic heterocycles. The number of likely N-dealkylation sites (tertiary alicyclic amines) is 1. The van der Waals surface area contributed by atoms with Gasteiger partial charge in [-0.15, -0.1) is 10.2 Å². The first-order valence-electron chi connectivity index (χ1n) is 10.6. The van der Waals surface area contributed by atoms with Crippen molar-refractivity contribution in [1.82, 2.24) is 25.3 Å². The number of carbonyl (C=O) groups is 1. The number of carbonyl (C=O) groups excluding carboxylic acids is 1. The molecule has 0 radical (unpaired) electrons. The van der Waals surface area contributed by atoms with Crippen molar-refractivity contribution in [2.45, 2.75) is 18.8 Å². The van der Waals surface area contributed by atoms with Crippen LogP contribution >= 0.6 is 11.3 Å². The quantitative estimate of drug-likeness (QED) is 0.454. The Morgan fingerprint density at radius 2 is 2.12 bits per heavy atom. The average Bonchev–Trinajstić information content (AvgIpc) is 3.64. The van der Waals surface area contributed by atoms with E-state index in [-0.39, 0.29) is 11.8 Å². The number of aromatic nitrogens is 4. The van der Waals surface area contributed by atoms with Gasteiger partial charge in [0.1, 0.15) is 17.2 Å². The number of rotatable bonds is 6. The zero-order valence-corrected chi connectivity index (χ0v) is 19.1. The van der Waals surface area contributed by atoms with E-state index in [1.807, 2.05) is 39.9 Å². The third-order valence-corrected chi connectivity index (χ3v) is 6.44. The second-order valence-corrected chi connectivity index (χ2v) is 8.56. The maximum atomic E-state index is 13.2. The predicted octanol–water partition coefficient (Wildman–Crippen LogP) is 4.23. The van der Waals surface area contributed by atoms with Crippen LogP contribution in [0.25, 0.3) is 22.7 Å². The molecule has 33 heavy (non-hydrogen) atoms. The minimum atomic E-state index is -0.113. The molecular formula is C23H23N5O4S. The number of hydrogen-bond acceptors (Lipinski definition) is 8. The molecule has 9 nitrogen and oxygen atoms in total. The molecule has 1 amide bonds. The molecule has 0 aliphatic carbocycles. The van der Waals surface area contributed by atoms with Gasteiger partial charge in [-0.1, -0.05) is 0 Å². The molecule has 4 aromatic rings. The smallest absolute Gasteiger partial charge is 0.271 e. The SMILES string of the molecule is COc1ccc(OC)c(-c2cc(C(=O)N3CCCC(c4nnc(-c5ccsc5)o4)C3)[nH]n2)c1. The summed E-state index contributed by atoms with van der Waals surface area (Å²) in [5.74, 6) is 2.31. The van der Waals surface area contributed by atoms with E-state index in [4.69, 9.17) is 13.9 Å². The van der Waals surface area contributed by atoms with Crippen molar-refractivity contribution >= 4 is 17.2 Å². The van der Waals surface area contributed by atoms with Crippen LogP contribution in [0.1, 0.15) is 35.1 Å². The molecule has 10 heteroatoms. The highest BCUT2D eigenvalue weighted by atomic mass is 32.1. The molecule has 1 aliphatic rings. The summed E-state index contributed by atoms with van der Waals surface area (Å²) in [7, 11) is 3.20. The fraction of sp³-hybridized carbons (Fsp3) is 0.304. The maximum Gasteiger partial charge on any atom is 0.271 e. The fourth-order valence-electron chi connectivity index (χ4n) is 4.02. The average molecular weight is 466 g/mol. The summed E-state index contributed by atoms with van der Waals surface area (Å²) >= 11 is 1.58. The molecule has 5 rings (SSSR count). The molecule has 1 atom stereocenters. The Morgan fingerprint density at radius 1 is 1.21 bits per heavy atom. The summed E-state index contributed by atoms with van der Waals surface area (Å²) < 4.78 is 16.7. The molecule has 1 saturated heterocycles. The van der Waals surface area contributed by atoms with Gasteiger partial charge in [-0.3, -0.25) is 9.89 Å².